The fourth-order valence-electron chi connectivity index (χ4n) is 1.84. The molecule has 2 rings (SSSR count). The molecule has 0 aliphatic carbocycles. The third kappa shape index (κ3) is 3.39. The predicted octanol–water partition coefficient (Wildman–Crippen LogP) is 2.42. The molecule has 0 saturated heterocycles. The first-order valence-corrected chi connectivity index (χ1v) is 6.25. The van der Waals surface area contributed by atoms with Crippen LogP contribution in [0.4, 0.5) is 5.69 Å². The summed E-state index contributed by atoms with van der Waals surface area (Å²) in [4.78, 5) is 14.0. The van der Waals surface area contributed by atoms with Crippen molar-refractivity contribution < 1.29 is 9.21 Å². The fraction of sp³-hybridized carbons (Fsp3) is 0.200. The van der Waals surface area contributed by atoms with Crippen LogP contribution in [0.3, 0.4) is 0 Å². The number of hydrogen-bond donors (Lipinski definition) is 1. The molecule has 0 saturated carbocycles. The minimum absolute atomic E-state index is 0.142. The number of nitrogens with zero attached hydrogens (tertiary/aromatic N) is 2. The van der Waals surface area contributed by atoms with E-state index in [1.807, 2.05) is 6.07 Å². The van der Waals surface area contributed by atoms with Crippen LogP contribution in [0.1, 0.15) is 22.5 Å². The number of rotatable bonds is 5. The van der Waals surface area contributed by atoms with Crippen molar-refractivity contribution in [3.8, 4) is 6.07 Å². The van der Waals surface area contributed by atoms with Crippen LogP contribution in [0, 0.1) is 11.3 Å². The molecule has 1 aromatic heterocycles. The monoisotopic (exact) mass is 269 g/mol. The van der Waals surface area contributed by atoms with Crippen molar-refractivity contribution in [2.75, 3.05) is 12.3 Å². The highest BCUT2D eigenvalue weighted by atomic mass is 16.3. The Balaban J connectivity index is 2.15. The molecule has 5 nitrogen and oxygen atoms in total. The Bertz CT molecular complexity index is 597. The van der Waals surface area contributed by atoms with E-state index in [0.29, 0.717) is 30.1 Å². The molecule has 1 heterocycles. The molecule has 0 spiro atoms. The van der Waals surface area contributed by atoms with E-state index < -0.39 is 0 Å². The van der Waals surface area contributed by atoms with Crippen LogP contribution >= 0.6 is 0 Å². The van der Waals surface area contributed by atoms with Crippen LogP contribution in [0.25, 0.3) is 0 Å². The Kier molecular flexibility index (Phi) is 4.40. The van der Waals surface area contributed by atoms with Crippen molar-refractivity contribution >= 4 is 11.6 Å². The minimum Gasteiger partial charge on any atom is -0.467 e. The summed E-state index contributed by atoms with van der Waals surface area (Å²) in [5, 5.41) is 8.70. The Morgan fingerprint density at radius 3 is 2.65 bits per heavy atom. The van der Waals surface area contributed by atoms with Gasteiger partial charge in [0.25, 0.3) is 5.91 Å². The maximum atomic E-state index is 12.4. The molecule has 0 fully saturated rings. The van der Waals surface area contributed by atoms with Crippen LogP contribution in [-0.4, -0.2) is 17.4 Å². The number of carbonyl (C=O) groups excluding carboxylic acids is 1. The second-order valence-electron chi connectivity index (χ2n) is 4.34. The van der Waals surface area contributed by atoms with Gasteiger partial charge in [-0.25, -0.2) is 0 Å². The number of benzene rings is 1. The van der Waals surface area contributed by atoms with Crippen LogP contribution in [0.15, 0.2) is 47.1 Å². The third-order valence-corrected chi connectivity index (χ3v) is 2.87. The van der Waals surface area contributed by atoms with Gasteiger partial charge in [-0.15, -0.1) is 0 Å². The molecule has 102 valence electrons. The lowest BCUT2D eigenvalue weighted by molar-refractivity contribution is 0.0735. The number of anilines is 1. The van der Waals surface area contributed by atoms with E-state index in [1.54, 1.807) is 47.6 Å². The smallest absolute Gasteiger partial charge is 0.254 e. The largest absolute Gasteiger partial charge is 0.467 e. The van der Waals surface area contributed by atoms with Crippen molar-refractivity contribution in [2.24, 2.45) is 0 Å². The normalized spacial score (nSPS) is 9.95. The molecule has 0 bridgehead atoms. The Hall–Kier alpha value is -2.74. The van der Waals surface area contributed by atoms with E-state index in [0.717, 1.165) is 0 Å². The van der Waals surface area contributed by atoms with Gasteiger partial charge in [-0.3, -0.25) is 4.79 Å². The number of hydrogen-bond acceptors (Lipinski definition) is 4. The summed E-state index contributed by atoms with van der Waals surface area (Å²) in [6, 6.07) is 12.3. The maximum absolute atomic E-state index is 12.4. The lowest BCUT2D eigenvalue weighted by Gasteiger charge is -2.20. The maximum Gasteiger partial charge on any atom is 0.254 e. The number of carbonyl (C=O) groups is 1. The van der Waals surface area contributed by atoms with E-state index in [9.17, 15) is 4.79 Å². The van der Waals surface area contributed by atoms with E-state index in [-0.39, 0.29) is 12.3 Å². The average Bonchev–Trinajstić information content (AvgIpc) is 2.96. The third-order valence-electron chi connectivity index (χ3n) is 2.87. The predicted molar refractivity (Wildman–Crippen MR) is 74.5 cm³/mol. The molecular weight excluding hydrogens is 254 g/mol. The summed E-state index contributed by atoms with van der Waals surface area (Å²) >= 11 is 0. The van der Waals surface area contributed by atoms with E-state index >= 15 is 0 Å². The molecular formula is C15H15N3O2. The summed E-state index contributed by atoms with van der Waals surface area (Å²) in [7, 11) is 0. The van der Waals surface area contributed by atoms with Gasteiger partial charge in [0.15, 0.2) is 0 Å². The molecule has 1 aromatic carbocycles. The standard InChI is InChI=1S/C15H15N3O2/c16-8-2-9-18(11-14-3-1-10-20-14)15(19)12-4-6-13(17)7-5-12/h1,3-7,10H,2,9,11,17H2. The van der Waals surface area contributed by atoms with Gasteiger partial charge in [0.05, 0.1) is 25.3 Å². The Labute approximate surface area is 117 Å². The lowest BCUT2D eigenvalue weighted by Crippen LogP contribution is -2.31. The minimum atomic E-state index is -0.142. The van der Waals surface area contributed by atoms with Gasteiger partial charge < -0.3 is 15.1 Å². The first kappa shape index (κ1) is 13.7. The average molecular weight is 269 g/mol. The van der Waals surface area contributed by atoms with Gasteiger partial charge in [0.2, 0.25) is 0 Å². The number of nitriles is 1. The van der Waals surface area contributed by atoms with Crippen LogP contribution in [-0.2, 0) is 6.54 Å². The number of nitrogens with two attached hydrogens (primary N) is 1. The van der Waals surface area contributed by atoms with E-state index in [1.165, 1.54) is 0 Å². The zero-order valence-electron chi connectivity index (χ0n) is 11.0. The summed E-state index contributed by atoms with van der Waals surface area (Å²) < 4.78 is 5.25. The molecule has 5 heteroatoms. The number of nitrogen functional groups attached to an aromatic ring is 1. The molecule has 0 unspecified atom stereocenters. The van der Waals surface area contributed by atoms with Gasteiger partial charge in [-0.2, -0.15) is 5.26 Å². The molecule has 2 aromatic rings. The van der Waals surface area contributed by atoms with Gasteiger partial charge in [0, 0.05) is 17.8 Å². The van der Waals surface area contributed by atoms with Crippen LogP contribution in [0.5, 0.6) is 0 Å². The first-order chi connectivity index (χ1) is 9.70. The molecule has 0 aliphatic heterocycles. The number of amides is 1. The van der Waals surface area contributed by atoms with Crippen molar-refractivity contribution in [1.29, 1.82) is 5.26 Å². The molecule has 0 atom stereocenters. The van der Waals surface area contributed by atoms with E-state index in [4.69, 9.17) is 15.4 Å². The summed E-state index contributed by atoms with van der Waals surface area (Å²) in [6.07, 6.45) is 1.84. The van der Waals surface area contributed by atoms with Crippen molar-refractivity contribution in [2.45, 2.75) is 13.0 Å². The topological polar surface area (TPSA) is 83.3 Å². The summed E-state index contributed by atoms with van der Waals surface area (Å²) in [5.41, 5.74) is 6.76. The highest BCUT2D eigenvalue weighted by Gasteiger charge is 2.16. The summed E-state index contributed by atoms with van der Waals surface area (Å²) in [5.74, 6) is 0.545. The van der Waals surface area contributed by atoms with Crippen molar-refractivity contribution in [3.05, 3.63) is 54.0 Å². The van der Waals surface area contributed by atoms with Crippen molar-refractivity contribution in [1.82, 2.24) is 4.90 Å². The quantitative estimate of drug-likeness (QED) is 0.845. The van der Waals surface area contributed by atoms with Gasteiger partial charge >= 0.3 is 0 Å². The zero-order valence-corrected chi connectivity index (χ0v) is 11.0. The Morgan fingerprint density at radius 2 is 2.05 bits per heavy atom. The van der Waals surface area contributed by atoms with Crippen LogP contribution < -0.4 is 5.73 Å². The van der Waals surface area contributed by atoms with Gasteiger partial charge in [-0.05, 0) is 36.4 Å². The van der Waals surface area contributed by atoms with Gasteiger partial charge in [-0.1, -0.05) is 0 Å². The molecule has 0 aliphatic rings. The highest BCUT2D eigenvalue weighted by Crippen LogP contribution is 2.13. The molecule has 0 radical (unpaired) electrons. The second-order valence-corrected chi connectivity index (χ2v) is 4.34. The molecule has 2 N–H and O–H groups in total. The fourth-order valence-corrected chi connectivity index (χ4v) is 1.84. The Morgan fingerprint density at radius 1 is 1.30 bits per heavy atom. The van der Waals surface area contributed by atoms with Gasteiger partial charge in [0.1, 0.15) is 5.76 Å². The number of furan rings is 1. The molecule has 20 heavy (non-hydrogen) atoms. The zero-order chi connectivity index (χ0) is 14.4. The van der Waals surface area contributed by atoms with Crippen LogP contribution in [0.2, 0.25) is 0 Å². The lowest BCUT2D eigenvalue weighted by atomic mass is 10.1. The van der Waals surface area contributed by atoms with Crippen molar-refractivity contribution in [3.63, 3.8) is 0 Å². The first-order valence-electron chi connectivity index (χ1n) is 6.25. The SMILES string of the molecule is N#CCCN(Cc1ccco1)C(=O)c1ccc(N)cc1. The highest BCUT2D eigenvalue weighted by molar-refractivity contribution is 5.94. The summed E-state index contributed by atoms with van der Waals surface area (Å²) in [6.45, 7) is 0.707. The molecule has 1 amide bonds. The van der Waals surface area contributed by atoms with E-state index in [2.05, 4.69) is 0 Å². The second kappa shape index (κ2) is 6.43.